The molecule has 2 heterocycles. The van der Waals surface area contributed by atoms with Crippen LogP contribution in [0, 0.1) is 5.41 Å². The quantitative estimate of drug-likeness (QED) is 0.843. The maximum absolute atomic E-state index is 13.4. The van der Waals surface area contributed by atoms with Gasteiger partial charge in [-0.1, -0.05) is 26.0 Å². The smallest absolute Gasteiger partial charge is 0.244 e. The summed E-state index contributed by atoms with van der Waals surface area (Å²) >= 11 is 0. The van der Waals surface area contributed by atoms with E-state index in [2.05, 4.69) is 18.8 Å². The van der Waals surface area contributed by atoms with Gasteiger partial charge in [0.2, 0.25) is 10.0 Å². The summed E-state index contributed by atoms with van der Waals surface area (Å²) in [4.78, 5) is 4.19. The molecule has 0 radical (unpaired) electrons. The van der Waals surface area contributed by atoms with Gasteiger partial charge in [0.05, 0.1) is 17.5 Å². The zero-order valence-corrected chi connectivity index (χ0v) is 14.7. The van der Waals surface area contributed by atoms with Gasteiger partial charge in [-0.15, -0.1) is 0 Å². The second-order valence-electron chi connectivity index (χ2n) is 7.55. The van der Waals surface area contributed by atoms with Gasteiger partial charge in [-0.2, -0.15) is 0 Å². The molecule has 0 fully saturated rings. The molecule has 1 N–H and O–H groups in total. The standard InChI is InChI=1S/C17H24N2O3S/c1-16(2)8-5-9-17(3,12-16)23(21,22)19-11-7-14(20)15-13(19)6-4-10-18-15/h4-6,9-10,14,20H,7-8,11-12H2,1-3H3. The van der Waals surface area contributed by atoms with Crippen molar-refractivity contribution in [2.24, 2.45) is 5.41 Å². The van der Waals surface area contributed by atoms with Crippen LogP contribution in [0.15, 0.2) is 30.5 Å². The highest BCUT2D eigenvalue weighted by atomic mass is 32.2. The van der Waals surface area contributed by atoms with Gasteiger partial charge < -0.3 is 5.11 Å². The van der Waals surface area contributed by atoms with E-state index >= 15 is 0 Å². The molecule has 2 aliphatic rings. The molecule has 1 aromatic heterocycles. The number of aliphatic hydroxyl groups excluding tert-OH is 1. The van der Waals surface area contributed by atoms with E-state index in [1.807, 2.05) is 12.2 Å². The molecule has 2 unspecified atom stereocenters. The van der Waals surface area contributed by atoms with Crippen molar-refractivity contribution < 1.29 is 13.5 Å². The van der Waals surface area contributed by atoms with Crippen LogP contribution in [0.3, 0.4) is 0 Å². The minimum atomic E-state index is -3.60. The molecule has 6 heteroatoms. The Balaban J connectivity index is 2.06. The zero-order chi connectivity index (χ0) is 16.9. The molecule has 0 spiro atoms. The number of allylic oxidation sites excluding steroid dienone is 1. The monoisotopic (exact) mass is 336 g/mol. The molecule has 0 aromatic carbocycles. The largest absolute Gasteiger partial charge is 0.387 e. The molecule has 1 aliphatic carbocycles. The van der Waals surface area contributed by atoms with Crippen LogP contribution in [-0.2, 0) is 10.0 Å². The predicted octanol–water partition coefficient (Wildman–Crippen LogP) is 2.79. The van der Waals surface area contributed by atoms with E-state index < -0.39 is 20.9 Å². The molecule has 0 amide bonds. The average molecular weight is 336 g/mol. The summed E-state index contributed by atoms with van der Waals surface area (Å²) in [5.74, 6) is 0. The first-order chi connectivity index (χ1) is 10.7. The van der Waals surface area contributed by atoms with Crippen molar-refractivity contribution in [3.8, 4) is 0 Å². The van der Waals surface area contributed by atoms with E-state index in [0.29, 0.717) is 24.2 Å². The number of hydrogen-bond donors (Lipinski definition) is 1. The molecule has 3 rings (SSSR count). The number of fused-ring (bicyclic) bond motifs is 1. The van der Waals surface area contributed by atoms with Crippen LogP contribution in [0.4, 0.5) is 5.69 Å². The van der Waals surface area contributed by atoms with Crippen LogP contribution in [0.25, 0.3) is 0 Å². The molecular formula is C17H24N2O3S. The lowest BCUT2D eigenvalue weighted by atomic mass is 9.76. The summed E-state index contributed by atoms with van der Waals surface area (Å²) in [6.07, 6.45) is 6.51. The second-order valence-corrected chi connectivity index (χ2v) is 9.87. The van der Waals surface area contributed by atoms with E-state index in [1.165, 1.54) is 4.31 Å². The first kappa shape index (κ1) is 16.5. The highest BCUT2D eigenvalue weighted by Gasteiger charge is 2.47. The molecule has 126 valence electrons. The molecule has 0 saturated carbocycles. The number of rotatable bonds is 2. The van der Waals surface area contributed by atoms with Crippen LogP contribution in [0.2, 0.25) is 0 Å². The number of hydrogen-bond acceptors (Lipinski definition) is 4. The molecule has 2 atom stereocenters. The van der Waals surface area contributed by atoms with Crippen molar-refractivity contribution in [2.45, 2.75) is 50.9 Å². The summed E-state index contributed by atoms with van der Waals surface area (Å²) in [6, 6.07) is 3.44. The maximum Gasteiger partial charge on any atom is 0.244 e. The Bertz CT molecular complexity index is 742. The van der Waals surface area contributed by atoms with Crippen molar-refractivity contribution in [3.63, 3.8) is 0 Å². The van der Waals surface area contributed by atoms with Gasteiger partial charge in [0, 0.05) is 12.7 Å². The molecular weight excluding hydrogens is 312 g/mol. The van der Waals surface area contributed by atoms with Crippen molar-refractivity contribution in [1.82, 2.24) is 4.98 Å². The normalized spacial score (nSPS) is 30.1. The third-order valence-electron chi connectivity index (χ3n) is 4.86. The zero-order valence-electron chi connectivity index (χ0n) is 13.9. The fraction of sp³-hybridized carbons (Fsp3) is 0.588. The summed E-state index contributed by atoms with van der Waals surface area (Å²) < 4.78 is 27.3. The fourth-order valence-electron chi connectivity index (χ4n) is 3.76. The Morgan fingerprint density at radius 1 is 1.35 bits per heavy atom. The van der Waals surface area contributed by atoms with Gasteiger partial charge in [-0.3, -0.25) is 9.29 Å². The van der Waals surface area contributed by atoms with Gasteiger partial charge in [0.15, 0.2) is 0 Å². The first-order valence-electron chi connectivity index (χ1n) is 7.99. The third-order valence-corrected chi connectivity index (χ3v) is 7.27. The minimum absolute atomic E-state index is 0.0519. The van der Waals surface area contributed by atoms with E-state index in [1.54, 1.807) is 25.3 Å². The van der Waals surface area contributed by atoms with E-state index in [-0.39, 0.29) is 12.0 Å². The van der Waals surface area contributed by atoms with E-state index in [9.17, 15) is 13.5 Å². The van der Waals surface area contributed by atoms with Crippen molar-refractivity contribution >= 4 is 15.7 Å². The van der Waals surface area contributed by atoms with Crippen LogP contribution in [-0.4, -0.2) is 29.8 Å². The number of nitrogens with zero attached hydrogens (tertiary/aromatic N) is 2. The summed E-state index contributed by atoms with van der Waals surface area (Å²) in [7, 11) is -3.60. The molecule has 0 saturated heterocycles. The van der Waals surface area contributed by atoms with Crippen molar-refractivity contribution in [1.29, 1.82) is 0 Å². The molecule has 1 aliphatic heterocycles. The lowest BCUT2D eigenvalue weighted by Gasteiger charge is -2.43. The first-order valence-corrected chi connectivity index (χ1v) is 9.43. The Labute approximate surface area is 138 Å². The fourth-order valence-corrected chi connectivity index (χ4v) is 5.86. The van der Waals surface area contributed by atoms with Gasteiger partial charge in [-0.05, 0) is 43.7 Å². The summed E-state index contributed by atoms with van der Waals surface area (Å²) in [5.41, 5.74) is 0.901. The van der Waals surface area contributed by atoms with Crippen LogP contribution in [0.1, 0.15) is 51.8 Å². The molecule has 23 heavy (non-hydrogen) atoms. The van der Waals surface area contributed by atoms with Gasteiger partial charge in [-0.25, -0.2) is 8.42 Å². The van der Waals surface area contributed by atoms with Crippen LogP contribution >= 0.6 is 0 Å². The number of pyridine rings is 1. The average Bonchev–Trinajstić information content (AvgIpc) is 2.46. The number of anilines is 1. The second kappa shape index (κ2) is 5.31. The lowest BCUT2D eigenvalue weighted by molar-refractivity contribution is 0.161. The molecule has 5 nitrogen and oxygen atoms in total. The third kappa shape index (κ3) is 2.68. The number of aromatic nitrogens is 1. The highest BCUT2D eigenvalue weighted by molar-refractivity contribution is 7.94. The lowest BCUT2D eigenvalue weighted by Crippen LogP contribution is -2.50. The van der Waals surface area contributed by atoms with E-state index in [0.717, 1.165) is 6.42 Å². The topological polar surface area (TPSA) is 70.5 Å². The Hall–Kier alpha value is -1.40. The van der Waals surface area contributed by atoms with Crippen molar-refractivity contribution in [2.75, 3.05) is 10.8 Å². The minimum Gasteiger partial charge on any atom is -0.387 e. The molecule has 1 aromatic rings. The number of aliphatic hydroxyl groups is 1. The van der Waals surface area contributed by atoms with E-state index in [4.69, 9.17) is 0 Å². The van der Waals surface area contributed by atoms with Crippen molar-refractivity contribution in [3.05, 3.63) is 36.2 Å². The van der Waals surface area contributed by atoms with Gasteiger partial charge >= 0.3 is 0 Å². The van der Waals surface area contributed by atoms with Crippen LogP contribution < -0.4 is 4.31 Å². The van der Waals surface area contributed by atoms with Gasteiger partial charge in [0.25, 0.3) is 0 Å². The highest BCUT2D eigenvalue weighted by Crippen LogP contribution is 2.44. The number of sulfonamides is 1. The predicted molar refractivity (Wildman–Crippen MR) is 90.6 cm³/mol. The summed E-state index contributed by atoms with van der Waals surface area (Å²) in [5, 5.41) is 10.1. The Morgan fingerprint density at radius 2 is 2.09 bits per heavy atom. The summed E-state index contributed by atoms with van der Waals surface area (Å²) in [6.45, 7) is 6.27. The van der Waals surface area contributed by atoms with Gasteiger partial charge in [0.1, 0.15) is 4.75 Å². The molecule has 0 bridgehead atoms. The van der Waals surface area contributed by atoms with Crippen LogP contribution in [0.5, 0.6) is 0 Å². The maximum atomic E-state index is 13.4. The Kier molecular flexibility index (Phi) is 3.80. The SMILES string of the molecule is CC1(C)CC=CC(C)(S(=O)(=O)N2CCC(O)c3ncccc32)C1. The Morgan fingerprint density at radius 3 is 2.78 bits per heavy atom.